The van der Waals surface area contributed by atoms with E-state index in [1.54, 1.807) is 18.3 Å². The molecule has 0 aromatic carbocycles. The number of thiophene rings is 1. The smallest absolute Gasteiger partial charge is 0.361 e. The van der Waals surface area contributed by atoms with Crippen LogP contribution in [0.25, 0.3) is 10.7 Å². The molecule has 0 radical (unpaired) electrons. The number of aliphatic hydroxyl groups excluding tert-OH is 1. The number of halogens is 3. The molecule has 3 aromatic heterocycles. The normalized spacial score (nSPS) is 16.0. The first-order valence-corrected chi connectivity index (χ1v) is 12.0. The lowest BCUT2D eigenvalue weighted by Crippen LogP contribution is -2.31. The number of aromatic nitrogens is 4. The van der Waals surface area contributed by atoms with Crippen LogP contribution in [-0.2, 0) is 22.1 Å². The van der Waals surface area contributed by atoms with Crippen LogP contribution in [0.15, 0.2) is 28.6 Å². The number of alkyl halides is 3. The molecule has 0 aliphatic heterocycles. The van der Waals surface area contributed by atoms with Crippen LogP contribution in [0.3, 0.4) is 0 Å². The number of nitrogens with zero attached hydrogens (tertiary/aromatic N) is 3. The summed E-state index contributed by atoms with van der Waals surface area (Å²) in [6.07, 6.45) is -3.36. The average molecular weight is 503 g/mol. The summed E-state index contributed by atoms with van der Waals surface area (Å²) in [5, 5.41) is 24.8. The highest BCUT2D eigenvalue weighted by atomic mass is 32.2. The van der Waals surface area contributed by atoms with Crippen molar-refractivity contribution in [3.05, 3.63) is 35.7 Å². The zero-order valence-corrected chi connectivity index (χ0v) is 18.8. The molecule has 1 saturated carbocycles. The van der Waals surface area contributed by atoms with E-state index in [2.05, 4.69) is 30.2 Å². The Balaban J connectivity index is 1.51. The molecule has 1 aliphatic carbocycles. The van der Waals surface area contributed by atoms with Gasteiger partial charge in [0.25, 0.3) is 6.29 Å². The molecule has 3 heterocycles. The molecule has 1 aliphatic rings. The predicted octanol–water partition coefficient (Wildman–Crippen LogP) is 3.36. The van der Waals surface area contributed by atoms with Gasteiger partial charge in [0.2, 0.25) is 0 Å². The lowest BCUT2D eigenvalue weighted by atomic mass is 10.1. The number of hydrogen-bond donors (Lipinski definition) is 4. The van der Waals surface area contributed by atoms with Gasteiger partial charge < -0.3 is 15.2 Å². The number of H-pyrrole nitrogens is 1. The SMILES string of the molecule is NS(=O)c1ccc(-c2ncc(CCCOC(O)C(F)(F)F)c(Nc3cc(C4CC4)[nH]n3)n2)s1. The van der Waals surface area contributed by atoms with Crippen molar-refractivity contribution >= 4 is 34.0 Å². The molecule has 1 fully saturated rings. The summed E-state index contributed by atoms with van der Waals surface area (Å²) < 4.78 is 53.6. The first-order valence-electron chi connectivity index (χ1n) is 10.0. The Morgan fingerprint density at radius 1 is 1.39 bits per heavy atom. The van der Waals surface area contributed by atoms with E-state index in [0.717, 1.165) is 18.5 Å². The summed E-state index contributed by atoms with van der Waals surface area (Å²) in [5.41, 5.74) is 1.66. The Morgan fingerprint density at radius 2 is 2.18 bits per heavy atom. The maximum Gasteiger partial charge on any atom is 0.439 e. The molecular formula is C19H21F3N6O3S2. The highest BCUT2D eigenvalue weighted by molar-refractivity contribution is 7.85. The molecular weight excluding hydrogens is 481 g/mol. The fraction of sp³-hybridized carbons (Fsp3) is 0.421. The molecule has 3 aromatic rings. The predicted molar refractivity (Wildman–Crippen MR) is 116 cm³/mol. The number of nitrogens with two attached hydrogens (primary N) is 1. The first kappa shape index (κ1) is 23.8. The zero-order chi connectivity index (χ0) is 23.6. The van der Waals surface area contributed by atoms with Gasteiger partial charge in [-0.1, -0.05) is 0 Å². The van der Waals surface area contributed by atoms with E-state index < -0.39 is 23.5 Å². The van der Waals surface area contributed by atoms with E-state index in [4.69, 9.17) is 10.2 Å². The molecule has 14 heteroatoms. The van der Waals surface area contributed by atoms with Crippen molar-refractivity contribution in [1.29, 1.82) is 0 Å². The van der Waals surface area contributed by atoms with E-state index in [1.807, 2.05) is 6.07 Å². The molecule has 2 unspecified atom stereocenters. The molecule has 4 rings (SSSR count). The van der Waals surface area contributed by atoms with Gasteiger partial charge in [-0.2, -0.15) is 18.3 Å². The van der Waals surface area contributed by atoms with Gasteiger partial charge in [0.15, 0.2) is 11.6 Å². The largest absolute Gasteiger partial charge is 0.439 e. The molecule has 178 valence electrons. The third-order valence-electron chi connectivity index (χ3n) is 4.87. The second-order valence-electron chi connectivity index (χ2n) is 7.46. The molecule has 0 saturated heterocycles. The van der Waals surface area contributed by atoms with E-state index in [-0.39, 0.29) is 13.0 Å². The summed E-state index contributed by atoms with van der Waals surface area (Å²) in [4.78, 5) is 9.56. The summed E-state index contributed by atoms with van der Waals surface area (Å²) in [6.45, 7) is -0.299. The van der Waals surface area contributed by atoms with E-state index in [9.17, 15) is 17.4 Å². The lowest BCUT2D eigenvalue weighted by molar-refractivity contribution is -0.293. The van der Waals surface area contributed by atoms with Crippen LogP contribution in [0.1, 0.15) is 36.4 Å². The fourth-order valence-corrected chi connectivity index (χ4v) is 4.52. The van der Waals surface area contributed by atoms with Crippen LogP contribution in [0, 0.1) is 0 Å². The molecule has 0 bridgehead atoms. The number of hydrogen-bond acceptors (Lipinski definition) is 8. The van der Waals surface area contributed by atoms with Gasteiger partial charge in [-0.25, -0.2) is 19.3 Å². The minimum Gasteiger partial charge on any atom is -0.361 e. The van der Waals surface area contributed by atoms with Crippen LogP contribution in [-0.4, -0.2) is 48.6 Å². The molecule has 0 amide bonds. The fourth-order valence-electron chi connectivity index (χ4n) is 3.04. The quantitative estimate of drug-likeness (QED) is 0.246. The van der Waals surface area contributed by atoms with Crippen LogP contribution in [0.5, 0.6) is 0 Å². The Bertz CT molecular complexity index is 1130. The average Bonchev–Trinajstić information content (AvgIpc) is 3.30. The maximum atomic E-state index is 12.4. The second kappa shape index (κ2) is 9.85. The van der Waals surface area contributed by atoms with Crippen LogP contribution in [0.4, 0.5) is 24.8 Å². The number of aryl methyl sites for hydroxylation is 1. The van der Waals surface area contributed by atoms with E-state index in [0.29, 0.717) is 44.4 Å². The van der Waals surface area contributed by atoms with Gasteiger partial charge in [0.1, 0.15) is 21.0 Å². The number of ether oxygens (including phenoxy) is 1. The molecule has 33 heavy (non-hydrogen) atoms. The van der Waals surface area contributed by atoms with Crippen molar-refractivity contribution in [3.8, 4) is 10.7 Å². The Kier molecular flexibility index (Phi) is 7.09. The van der Waals surface area contributed by atoms with Crippen molar-refractivity contribution in [2.75, 3.05) is 11.9 Å². The number of aliphatic hydroxyl groups is 1. The van der Waals surface area contributed by atoms with Crippen LogP contribution >= 0.6 is 11.3 Å². The van der Waals surface area contributed by atoms with Gasteiger partial charge in [0, 0.05) is 29.4 Å². The van der Waals surface area contributed by atoms with Crippen molar-refractivity contribution in [1.82, 2.24) is 20.2 Å². The maximum absolute atomic E-state index is 12.4. The Labute approximate surface area is 193 Å². The monoisotopic (exact) mass is 502 g/mol. The van der Waals surface area contributed by atoms with Gasteiger partial charge >= 0.3 is 6.18 Å². The van der Waals surface area contributed by atoms with E-state index >= 15 is 0 Å². The molecule has 0 spiro atoms. The minimum atomic E-state index is -4.83. The number of nitrogens with one attached hydrogen (secondary N) is 2. The van der Waals surface area contributed by atoms with Crippen molar-refractivity contribution in [3.63, 3.8) is 0 Å². The Morgan fingerprint density at radius 3 is 2.85 bits per heavy atom. The minimum absolute atomic E-state index is 0.202. The van der Waals surface area contributed by atoms with Crippen molar-refractivity contribution in [2.45, 2.75) is 48.3 Å². The van der Waals surface area contributed by atoms with Crippen LogP contribution < -0.4 is 10.5 Å². The highest BCUT2D eigenvalue weighted by Gasteiger charge is 2.39. The molecule has 2 atom stereocenters. The standard InChI is InChI=1S/C19H21F3N6O3S2/c20-19(21,22)18(29)31-7-1-2-11-9-24-17(13-5-6-15(32-13)33(23)30)26-16(11)25-14-8-12(27-28-14)10-3-4-10/h5-6,8-10,18,29H,1-4,7,23H2,(H2,24,25,26,27,28). The van der Waals surface area contributed by atoms with Gasteiger partial charge in [-0.15, -0.1) is 11.3 Å². The third kappa shape index (κ3) is 6.14. The topological polar surface area (TPSA) is 139 Å². The second-order valence-corrected chi connectivity index (χ2v) is 9.84. The summed E-state index contributed by atoms with van der Waals surface area (Å²) in [6, 6.07) is 5.25. The number of anilines is 2. The van der Waals surface area contributed by atoms with Gasteiger partial charge in [-0.3, -0.25) is 5.10 Å². The highest BCUT2D eigenvalue weighted by Crippen LogP contribution is 2.40. The summed E-state index contributed by atoms with van der Waals surface area (Å²) in [5.74, 6) is 1.85. The van der Waals surface area contributed by atoms with Gasteiger partial charge in [0.05, 0.1) is 11.5 Å². The first-order chi connectivity index (χ1) is 15.7. The summed E-state index contributed by atoms with van der Waals surface area (Å²) in [7, 11) is -1.62. The van der Waals surface area contributed by atoms with E-state index in [1.165, 1.54) is 11.3 Å². The van der Waals surface area contributed by atoms with Crippen LogP contribution in [0.2, 0.25) is 0 Å². The number of aromatic amines is 1. The third-order valence-corrected chi connectivity index (χ3v) is 7.02. The number of rotatable bonds is 10. The molecule has 9 nitrogen and oxygen atoms in total. The molecule has 5 N–H and O–H groups in total. The van der Waals surface area contributed by atoms with Crippen molar-refractivity contribution < 1.29 is 27.2 Å². The summed E-state index contributed by atoms with van der Waals surface area (Å²) >= 11 is 1.20. The lowest BCUT2D eigenvalue weighted by Gasteiger charge is -2.15. The van der Waals surface area contributed by atoms with Gasteiger partial charge in [-0.05, 0) is 37.8 Å². The Hall–Kier alpha value is -2.39. The van der Waals surface area contributed by atoms with Crippen molar-refractivity contribution in [2.24, 2.45) is 5.14 Å². The zero-order valence-electron chi connectivity index (χ0n) is 17.1.